The van der Waals surface area contributed by atoms with E-state index in [2.05, 4.69) is 34.6 Å². The Hall–Kier alpha value is -0.340. The van der Waals surface area contributed by atoms with Crippen molar-refractivity contribution in [3.05, 3.63) is 0 Å². The first-order valence-electron chi connectivity index (χ1n) is 13.9. The Morgan fingerprint density at radius 3 is 0.857 bits per heavy atom. The summed E-state index contributed by atoms with van der Waals surface area (Å²) < 4.78 is 60.9. The molecule has 1 aliphatic carbocycles. The molecule has 0 saturated heterocycles. The van der Waals surface area contributed by atoms with E-state index in [9.17, 15) is 9.13 Å². The second-order valence-corrected chi connectivity index (χ2v) is 9.90. The van der Waals surface area contributed by atoms with E-state index in [0.717, 1.165) is 64.2 Å². The monoisotopic (exact) mass is 522 g/mol. The van der Waals surface area contributed by atoms with Crippen molar-refractivity contribution in [3.63, 3.8) is 0 Å². The molecular weight excluding hydrogens is 471 g/mol. The summed E-state index contributed by atoms with van der Waals surface area (Å²) in [5.74, 6) is 0. The Bertz CT molecular complexity index is 534. The van der Waals surface area contributed by atoms with Crippen LogP contribution in [0.25, 0.3) is 0 Å². The molecule has 35 heavy (non-hydrogen) atoms. The van der Waals surface area contributed by atoms with Crippen LogP contribution in [0.1, 0.15) is 98.8 Å². The van der Waals surface area contributed by atoms with Gasteiger partial charge >= 0.3 is 7.91 Å². The van der Waals surface area contributed by atoms with Crippen molar-refractivity contribution < 1.29 is 37.3 Å². The lowest BCUT2D eigenvalue weighted by atomic mass is 9.83. The molecule has 0 heterocycles. The molecule has 0 amide bonds. The maximum atomic E-state index is 11.8. The minimum absolute atomic E-state index is 0.446. The fraction of sp³-hybridized carbons (Fsp3) is 1.00. The van der Waals surface area contributed by atoms with Gasteiger partial charge in [0.1, 0.15) is 36.6 Å². The van der Waals surface area contributed by atoms with E-state index in [1.807, 2.05) is 0 Å². The molecule has 9 heteroatoms. The normalized spacial score (nSPS) is 26.8. The quantitative estimate of drug-likeness (QED) is 0.119. The third-order valence-corrected chi connectivity index (χ3v) is 6.61. The molecule has 0 aromatic carbocycles. The molecule has 0 radical (unpaired) electrons. The minimum atomic E-state index is -3.12. The maximum absolute atomic E-state index is 11.8. The Labute approximate surface area is 214 Å². The van der Waals surface area contributed by atoms with Gasteiger partial charge in [-0.2, -0.15) is 0 Å². The van der Waals surface area contributed by atoms with Gasteiger partial charge in [-0.05, 0) is 32.1 Å². The largest absolute Gasteiger partial charge is 0.468 e. The van der Waals surface area contributed by atoms with Crippen LogP contribution in [0.15, 0.2) is 0 Å². The van der Waals surface area contributed by atoms with Crippen LogP contribution in [0.2, 0.25) is 0 Å². The molecule has 1 saturated carbocycles. The average Bonchev–Trinajstić information content (AvgIpc) is 2.83. The molecule has 208 valence electrons. The Morgan fingerprint density at radius 2 is 0.657 bits per heavy atom. The van der Waals surface area contributed by atoms with Crippen LogP contribution >= 0.6 is 7.91 Å². The van der Waals surface area contributed by atoms with Gasteiger partial charge in [-0.15, -0.1) is 0 Å². The van der Waals surface area contributed by atoms with Crippen LogP contribution in [-0.2, 0) is 37.3 Å². The summed E-state index contributed by atoms with van der Waals surface area (Å²) in [4.78, 5) is 0. The lowest BCUT2D eigenvalue weighted by Gasteiger charge is -2.49. The fourth-order valence-corrected chi connectivity index (χ4v) is 4.55. The molecular formula is C26H51O8P. The highest BCUT2D eigenvalue weighted by Gasteiger charge is 2.55. The second-order valence-electron chi connectivity index (χ2n) is 9.24. The van der Waals surface area contributed by atoms with Crippen LogP contribution in [0, 0.1) is 0 Å². The van der Waals surface area contributed by atoms with Crippen molar-refractivity contribution in [2.75, 3.05) is 33.0 Å². The zero-order chi connectivity index (χ0) is 25.9. The Morgan fingerprint density at radius 1 is 0.429 bits per heavy atom. The molecule has 0 N–H and O–H groups in total. The van der Waals surface area contributed by atoms with E-state index < -0.39 is 44.5 Å². The smallest absolute Gasteiger partial charge is 0.373 e. The molecule has 1 rings (SSSR count). The molecule has 1 aliphatic rings. The minimum Gasteiger partial charge on any atom is -0.373 e. The van der Waals surface area contributed by atoms with E-state index >= 15 is 0 Å². The molecule has 0 aromatic heterocycles. The maximum Gasteiger partial charge on any atom is 0.468 e. The summed E-state index contributed by atoms with van der Waals surface area (Å²) in [7, 11) is -3.12. The second kappa shape index (κ2) is 20.7. The molecule has 6 atom stereocenters. The summed E-state index contributed by atoms with van der Waals surface area (Å²) in [6, 6.07) is 0. The Kier molecular flexibility index (Phi) is 19.3. The van der Waals surface area contributed by atoms with Gasteiger partial charge in [0.2, 0.25) is 0 Å². The first-order chi connectivity index (χ1) is 17.0. The van der Waals surface area contributed by atoms with E-state index in [1.165, 1.54) is 0 Å². The van der Waals surface area contributed by atoms with Gasteiger partial charge in [0, 0.05) is 33.0 Å². The molecule has 0 spiro atoms. The van der Waals surface area contributed by atoms with Crippen molar-refractivity contribution >= 4 is 7.91 Å². The number of hydrogen-bond donors (Lipinski definition) is 0. The molecule has 0 aromatic rings. The number of rotatable bonds is 22. The summed E-state index contributed by atoms with van der Waals surface area (Å²) in [6.45, 7) is 13.1. The predicted octanol–water partition coefficient (Wildman–Crippen LogP) is 6.40. The zero-order valence-corrected chi connectivity index (χ0v) is 23.7. The third-order valence-electron chi connectivity index (χ3n) is 6.19. The van der Waals surface area contributed by atoms with Crippen molar-refractivity contribution in [1.82, 2.24) is 0 Å². The first kappa shape index (κ1) is 32.7. The van der Waals surface area contributed by atoms with Gasteiger partial charge in [-0.3, -0.25) is 4.52 Å². The molecule has 1 fully saturated rings. The summed E-state index contributed by atoms with van der Waals surface area (Å²) in [5, 5.41) is 0. The number of ether oxygens (including phenoxy) is 5. The first-order valence-corrected chi connectivity index (χ1v) is 15.0. The lowest BCUT2D eigenvalue weighted by molar-refractivity contribution is -0.269. The predicted molar refractivity (Wildman–Crippen MR) is 136 cm³/mol. The lowest BCUT2D eigenvalue weighted by Crippen LogP contribution is -2.67. The third kappa shape index (κ3) is 12.2. The summed E-state index contributed by atoms with van der Waals surface area (Å²) in [5.41, 5.74) is 0. The Balaban J connectivity index is 3.41. The number of unbranched alkanes of at least 4 members (excludes halogenated alkanes) is 5. The molecule has 3 unspecified atom stereocenters. The SMILES string of the molecule is CCCCOC1C(OCCCC)[C@@H](OCCCC)[C@@H](OCCCC)C(OP(=O)=O)[C@H]1OCCCC. The highest BCUT2D eigenvalue weighted by atomic mass is 31.1. The topological polar surface area (TPSA) is 89.5 Å². The van der Waals surface area contributed by atoms with Crippen LogP contribution in [-0.4, -0.2) is 69.7 Å². The van der Waals surface area contributed by atoms with Crippen LogP contribution < -0.4 is 0 Å². The van der Waals surface area contributed by atoms with Gasteiger partial charge in [0.15, 0.2) is 0 Å². The molecule has 8 nitrogen and oxygen atoms in total. The van der Waals surface area contributed by atoms with E-state index in [0.29, 0.717) is 33.0 Å². The fourth-order valence-electron chi connectivity index (χ4n) is 4.11. The van der Waals surface area contributed by atoms with Crippen molar-refractivity contribution in [1.29, 1.82) is 0 Å². The van der Waals surface area contributed by atoms with E-state index in [4.69, 9.17) is 28.2 Å². The number of hydrogen-bond acceptors (Lipinski definition) is 8. The van der Waals surface area contributed by atoms with E-state index in [-0.39, 0.29) is 0 Å². The van der Waals surface area contributed by atoms with Crippen molar-refractivity contribution in [2.24, 2.45) is 0 Å². The molecule has 0 aliphatic heterocycles. The van der Waals surface area contributed by atoms with Gasteiger partial charge < -0.3 is 23.7 Å². The van der Waals surface area contributed by atoms with Crippen LogP contribution in [0.3, 0.4) is 0 Å². The van der Waals surface area contributed by atoms with Gasteiger partial charge in [0.25, 0.3) is 0 Å². The highest BCUT2D eigenvalue weighted by Crippen LogP contribution is 2.36. The van der Waals surface area contributed by atoms with Gasteiger partial charge in [-0.1, -0.05) is 66.7 Å². The van der Waals surface area contributed by atoms with E-state index in [1.54, 1.807) is 0 Å². The van der Waals surface area contributed by atoms with Crippen molar-refractivity contribution in [2.45, 2.75) is 135 Å². The van der Waals surface area contributed by atoms with Crippen molar-refractivity contribution in [3.8, 4) is 0 Å². The van der Waals surface area contributed by atoms with Crippen LogP contribution in [0.4, 0.5) is 0 Å². The highest BCUT2D eigenvalue weighted by molar-refractivity contribution is 7.24. The molecule has 0 bridgehead atoms. The summed E-state index contributed by atoms with van der Waals surface area (Å²) >= 11 is 0. The summed E-state index contributed by atoms with van der Waals surface area (Å²) in [6.07, 6.45) is 5.66. The van der Waals surface area contributed by atoms with Gasteiger partial charge in [0.05, 0.1) is 0 Å². The average molecular weight is 523 g/mol. The zero-order valence-electron chi connectivity index (χ0n) is 22.8. The van der Waals surface area contributed by atoms with Crippen LogP contribution in [0.5, 0.6) is 0 Å². The van der Waals surface area contributed by atoms with Gasteiger partial charge in [-0.25, -0.2) is 9.13 Å². The standard InChI is InChI=1S/C26H51O8P/c1-6-11-16-29-21-22(30-17-12-7-2)24(32-19-14-9-4)26(34-35(27)28)25(33-20-15-10-5)23(21)31-18-13-8-3/h21-26H,6-20H2,1-5H3/t21?,22-,23?,24-,25+,26?/m1/s1.